The van der Waals surface area contributed by atoms with Crippen molar-refractivity contribution in [2.75, 3.05) is 6.54 Å². The fourth-order valence-electron chi connectivity index (χ4n) is 4.21. The fourth-order valence-corrected chi connectivity index (χ4v) is 4.21. The van der Waals surface area contributed by atoms with Crippen molar-refractivity contribution < 1.29 is 54.0 Å². The number of nitrogens with two attached hydrogens (primary N) is 1. The average Bonchev–Trinajstić information content (AvgIpc) is 3.37. The molecule has 10 N–H and O–H groups in total. The van der Waals surface area contributed by atoms with Gasteiger partial charge in [-0.2, -0.15) is 0 Å². The summed E-state index contributed by atoms with van der Waals surface area (Å²) in [5, 5.41) is 47.1. The second kappa shape index (κ2) is 16.0. The topological polar surface area (TPSA) is 278 Å². The molecule has 1 aliphatic rings. The van der Waals surface area contributed by atoms with Crippen LogP contribution in [0.25, 0.3) is 0 Å². The van der Waals surface area contributed by atoms with Crippen LogP contribution < -0.4 is 27.0 Å². The molecule has 1 rings (SSSR count). The first-order valence-electron chi connectivity index (χ1n) is 13.5. The Kier molecular flexibility index (Phi) is 13.8. The number of aliphatic carboxylic acids is 2. The molecule has 1 fully saturated rings. The molecule has 1 saturated heterocycles. The van der Waals surface area contributed by atoms with Crippen LogP contribution in [-0.4, -0.2) is 122 Å². The summed E-state index contributed by atoms with van der Waals surface area (Å²) >= 11 is 0. The minimum atomic E-state index is -1.76. The number of aliphatic hydroxyl groups is 2. The Labute approximate surface area is 242 Å². The van der Waals surface area contributed by atoms with E-state index in [4.69, 9.17) is 10.8 Å². The van der Waals surface area contributed by atoms with Gasteiger partial charge in [-0.1, -0.05) is 13.8 Å². The number of nitrogens with one attached hydrogen (secondary N) is 4. The van der Waals surface area contributed by atoms with Crippen LogP contribution in [0.5, 0.6) is 0 Å². The van der Waals surface area contributed by atoms with Crippen LogP contribution >= 0.6 is 0 Å². The lowest BCUT2D eigenvalue weighted by Crippen LogP contribution is -2.61. The van der Waals surface area contributed by atoms with Crippen molar-refractivity contribution in [3.05, 3.63) is 0 Å². The molecule has 0 aromatic carbocycles. The summed E-state index contributed by atoms with van der Waals surface area (Å²) < 4.78 is 0. The van der Waals surface area contributed by atoms with E-state index >= 15 is 0 Å². The Balaban J connectivity index is 2.99. The van der Waals surface area contributed by atoms with Gasteiger partial charge >= 0.3 is 11.9 Å². The molecular weight excluding hydrogens is 560 g/mol. The van der Waals surface area contributed by atoms with Gasteiger partial charge in [-0.05, 0) is 39.5 Å². The van der Waals surface area contributed by atoms with E-state index in [1.54, 1.807) is 0 Å². The zero-order chi connectivity index (χ0) is 32.5. The Bertz CT molecular complexity index is 1030. The van der Waals surface area contributed by atoms with Crippen LogP contribution in [0.4, 0.5) is 0 Å². The van der Waals surface area contributed by atoms with Crippen molar-refractivity contribution in [3.8, 4) is 0 Å². The summed E-state index contributed by atoms with van der Waals surface area (Å²) in [6, 6.07) is -8.11. The molecule has 0 saturated carbocycles. The van der Waals surface area contributed by atoms with E-state index < -0.39 is 102 Å². The van der Waals surface area contributed by atoms with Crippen molar-refractivity contribution in [1.29, 1.82) is 0 Å². The van der Waals surface area contributed by atoms with E-state index in [0.29, 0.717) is 6.42 Å². The maximum atomic E-state index is 13.2. The number of carboxylic acid groups (broad SMARTS) is 2. The summed E-state index contributed by atoms with van der Waals surface area (Å²) in [4.78, 5) is 87.7. The first-order valence-corrected chi connectivity index (χ1v) is 13.5. The quantitative estimate of drug-likeness (QED) is 0.0874. The SMILES string of the molecule is CC(C)[C@H](NC(=O)[C@@H](NC(=O)[C@@H]1CCCN1C(=O)[C@H](C)NC(=O)[C@@H](N)[C@@H](C)O)[C@@H](C)O)C(=O)N[C@@H](CC(=O)O)C(=O)O. The maximum Gasteiger partial charge on any atom is 0.326 e. The molecular formula is C25H42N6O11. The Morgan fingerprint density at radius 1 is 0.810 bits per heavy atom. The molecule has 1 heterocycles. The Morgan fingerprint density at radius 3 is 1.86 bits per heavy atom. The van der Waals surface area contributed by atoms with Crippen molar-refractivity contribution >= 4 is 41.5 Å². The first kappa shape index (κ1) is 36.2. The number of nitrogens with zero attached hydrogens (tertiary/aromatic N) is 1. The summed E-state index contributed by atoms with van der Waals surface area (Å²) in [7, 11) is 0. The highest BCUT2D eigenvalue weighted by molar-refractivity contribution is 5.97. The summed E-state index contributed by atoms with van der Waals surface area (Å²) in [5.41, 5.74) is 5.59. The molecule has 0 aromatic rings. The lowest BCUT2D eigenvalue weighted by Gasteiger charge is -2.30. The number of aliphatic hydroxyl groups excluding tert-OH is 2. The van der Waals surface area contributed by atoms with E-state index in [9.17, 15) is 48.9 Å². The Morgan fingerprint density at radius 2 is 1.38 bits per heavy atom. The number of amides is 5. The summed E-state index contributed by atoms with van der Waals surface area (Å²) in [6.45, 7) is 7.14. The molecule has 42 heavy (non-hydrogen) atoms. The lowest BCUT2D eigenvalue weighted by atomic mass is 10.0. The van der Waals surface area contributed by atoms with Crippen molar-refractivity contribution in [2.24, 2.45) is 11.7 Å². The van der Waals surface area contributed by atoms with Crippen LogP contribution in [-0.2, 0) is 33.6 Å². The third-order valence-corrected chi connectivity index (χ3v) is 6.69. The van der Waals surface area contributed by atoms with Crippen molar-refractivity contribution in [3.63, 3.8) is 0 Å². The number of hydrogen-bond donors (Lipinski definition) is 9. The molecule has 238 valence electrons. The molecule has 0 aromatic heterocycles. The van der Waals surface area contributed by atoms with Gasteiger partial charge in [0.2, 0.25) is 29.5 Å². The van der Waals surface area contributed by atoms with Gasteiger partial charge in [0.15, 0.2) is 0 Å². The smallest absolute Gasteiger partial charge is 0.326 e. The summed E-state index contributed by atoms with van der Waals surface area (Å²) in [5.74, 6) is -7.80. The maximum absolute atomic E-state index is 13.2. The summed E-state index contributed by atoms with van der Waals surface area (Å²) in [6.07, 6.45) is -2.88. The second-order valence-electron chi connectivity index (χ2n) is 10.6. The predicted molar refractivity (Wildman–Crippen MR) is 144 cm³/mol. The van der Waals surface area contributed by atoms with Gasteiger partial charge in [0, 0.05) is 6.54 Å². The van der Waals surface area contributed by atoms with Gasteiger partial charge in [0.1, 0.15) is 36.3 Å². The molecule has 5 amide bonds. The number of carbonyl (C=O) groups excluding carboxylic acids is 5. The molecule has 0 radical (unpaired) electrons. The fraction of sp³-hybridized carbons (Fsp3) is 0.720. The van der Waals surface area contributed by atoms with E-state index in [1.807, 2.05) is 0 Å². The number of carbonyl (C=O) groups is 7. The van der Waals surface area contributed by atoms with Crippen LogP contribution in [0, 0.1) is 5.92 Å². The van der Waals surface area contributed by atoms with Gasteiger partial charge in [0.25, 0.3) is 0 Å². The molecule has 17 nitrogen and oxygen atoms in total. The number of carboxylic acids is 2. The zero-order valence-corrected chi connectivity index (χ0v) is 24.2. The highest BCUT2D eigenvalue weighted by Crippen LogP contribution is 2.19. The number of rotatable bonds is 15. The molecule has 0 aliphatic carbocycles. The number of hydrogen-bond acceptors (Lipinski definition) is 10. The lowest BCUT2D eigenvalue weighted by molar-refractivity contribution is -0.147. The second-order valence-corrected chi connectivity index (χ2v) is 10.6. The van der Waals surface area contributed by atoms with E-state index in [2.05, 4.69) is 21.3 Å². The average molecular weight is 603 g/mol. The predicted octanol–water partition coefficient (Wildman–Crippen LogP) is -3.76. The molecule has 17 heteroatoms. The Hall–Kier alpha value is -3.83. The van der Waals surface area contributed by atoms with Gasteiger partial charge in [0.05, 0.1) is 18.6 Å². The van der Waals surface area contributed by atoms with Crippen LogP contribution in [0.15, 0.2) is 0 Å². The van der Waals surface area contributed by atoms with Crippen molar-refractivity contribution in [2.45, 2.75) is 102 Å². The van der Waals surface area contributed by atoms with Gasteiger partial charge in [-0.3, -0.25) is 28.8 Å². The molecule has 0 bridgehead atoms. The highest BCUT2D eigenvalue weighted by Gasteiger charge is 2.40. The third kappa shape index (κ3) is 10.2. The van der Waals surface area contributed by atoms with Gasteiger partial charge < -0.3 is 52.3 Å². The van der Waals surface area contributed by atoms with Crippen molar-refractivity contribution in [1.82, 2.24) is 26.2 Å². The van der Waals surface area contributed by atoms with Crippen LogP contribution in [0.1, 0.15) is 53.9 Å². The van der Waals surface area contributed by atoms with Gasteiger partial charge in [-0.25, -0.2) is 4.79 Å². The minimum Gasteiger partial charge on any atom is -0.481 e. The first-order chi connectivity index (χ1) is 19.4. The van der Waals surface area contributed by atoms with E-state index in [0.717, 1.165) is 0 Å². The zero-order valence-electron chi connectivity index (χ0n) is 24.2. The molecule has 8 atom stereocenters. The van der Waals surface area contributed by atoms with Crippen LogP contribution in [0.3, 0.4) is 0 Å². The number of likely N-dealkylation sites (tertiary alicyclic amines) is 1. The standard InChI is InChI=1S/C25H42N6O11/c1-10(2)18(22(38)28-14(25(41)42)9-16(34)35)29-23(39)19(13(5)33)30-20(36)15-7-6-8-31(15)24(40)11(3)27-21(37)17(26)12(4)32/h10-15,17-19,32-33H,6-9,26H2,1-5H3,(H,27,37)(H,28,38)(H,29,39)(H,30,36)(H,34,35)(H,41,42)/t11-,12+,13+,14-,15-,17-,18-,19-/m0/s1. The van der Waals surface area contributed by atoms with E-state index in [-0.39, 0.29) is 13.0 Å². The van der Waals surface area contributed by atoms with Gasteiger partial charge in [-0.15, -0.1) is 0 Å². The molecule has 0 unspecified atom stereocenters. The monoisotopic (exact) mass is 602 g/mol. The van der Waals surface area contributed by atoms with E-state index in [1.165, 1.54) is 39.5 Å². The highest BCUT2D eigenvalue weighted by atomic mass is 16.4. The minimum absolute atomic E-state index is 0.168. The van der Waals surface area contributed by atoms with Crippen LogP contribution in [0.2, 0.25) is 0 Å². The normalized spacial score (nSPS) is 19.8. The largest absolute Gasteiger partial charge is 0.481 e. The molecule has 1 aliphatic heterocycles. The molecule has 0 spiro atoms. The third-order valence-electron chi connectivity index (χ3n) is 6.69.